The lowest BCUT2D eigenvalue weighted by Gasteiger charge is -2.18. The number of hydrogen-bond donors (Lipinski definition) is 2. The number of carbonyl (C=O) groups excluding carboxylic acids is 1. The minimum atomic E-state index is 0.0554. The first-order valence-electron chi connectivity index (χ1n) is 6.89. The van der Waals surface area contributed by atoms with Crippen molar-refractivity contribution in [2.75, 3.05) is 6.54 Å². The van der Waals surface area contributed by atoms with Crippen LogP contribution in [0.3, 0.4) is 0 Å². The Morgan fingerprint density at radius 3 is 2.84 bits per heavy atom. The molecule has 1 unspecified atom stereocenters. The topological polar surface area (TPSA) is 59.0 Å². The van der Waals surface area contributed by atoms with E-state index in [0.717, 1.165) is 25.2 Å². The van der Waals surface area contributed by atoms with Crippen LogP contribution >= 0.6 is 0 Å². The average molecular weight is 264 g/mol. The zero-order valence-corrected chi connectivity index (χ0v) is 12.3. The first-order chi connectivity index (χ1) is 8.86. The molecule has 1 aliphatic rings. The molecule has 0 spiro atoms. The van der Waals surface area contributed by atoms with Crippen LogP contribution in [0.1, 0.15) is 44.9 Å². The van der Waals surface area contributed by atoms with E-state index in [4.69, 9.17) is 0 Å². The summed E-state index contributed by atoms with van der Waals surface area (Å²) < 4.78 is 1.87. The second-order valence-electron chi connectivity index (χ2n) is 6.36. The molecule has 1 aliphatic heterocycles. The zero-order chi connectivity index (χ0) is 14.0. The molecule has 2 N–H and O–H groups in total. The molecule has 0 bridgehead atoms. The summed E-state index contributed by atoms with van der Waals surface area (Å²) in [5.41, 5.74) is 2.43. The number of aromatic nitrogens is 2. The normalized spacial score (nSPS) is 19.8. The lowest BCUT2D eigenvalue weighted by atomic mass is 9.89. The van der Waals surface area contributed by atoms with Gasteiger partial charge in [0.1, 0.15) is 0 Å². The van der Waals surface area contributed by atoms with Crippen LogP contribution in [0.25, 0.3) is 0 Å². The molecule has 1 atom stereocenters. The van der Waals surface area contributed by atoms with E-state index in [1.54, 1.807) is 0 Å². The van der Waals surface area contributed by atoms with Gasteiger partial charge < -0.3 is 10.6 Å². The molecule has 106 valence electrons. The van der Waals surface area contributed by atoms with Crippen molar-refractivity contribution in [1.82, 2.24) is 20.4 Å². The largest absolute Gasteiger partial charge is 0.352 e. The van der Waals surface area contributed by atoms with Crippen molar-refractivity contribution in [3.8, 4) is 0 Å². The van der Waals surface area contributed by atoms with Crippen LogP contribution in [0, 0.1) is 0 Å². The Hall–Kier alpha value is -1.36. The fraction of sp³-hybridized carbons (Fsp3) is 0.714. The lowest BCUT2D eigenvalue weighted by Crippen LogP contribution is -2.35. The van der Waals surface area contributed by atoms with Gasteiger partial charge in [0.15, 0.2) is 0 Å². The molecular formula is C14H24N4O. The molecule has 1 aromatic heterocycles. The van der Waals surface area contributed by atoms with E-state index < -0.39 is 0 Å². The van der Waals surface area contributed by atoms with Crippen molar-refractivity contribution in [3.05, 3.63) is 17.5 Å². The van der Waals surface area contributed by atoms with Crippen molar-refractivity contribution >= 4 is 5.91 Å². The molecule has 0 radical (unpaired) electrons. The van der Waals surface area contributed by atoms with Gasteiger partial charge in [-0.3, -0.25) is 9.48 Å². The summed E-state index contributed by atoms with van der Waals surface area (Å²) in [5.74, 6) is 0.170. The Morgan fingerprint density at radius 2 is 2.26 bits per heavy atom. The molecule has 19 heavy (non-hydrogen) atoms. The van der Waals surface area contributed by atoms with E-state index in [2.05, 4.69) is 42.7 Å². The Morgan fingerprint density at radius 1 is 1.53 bits per heavy atom. The summed E-state index contributed by atoms with van der Waals surface area (Å²) in [4.78, 5) is 11.1. The number of nitrogens with zero attached hydrogens (tertiary/aromatic N) is 2. The van der Waals surface area contributed by atoms with Crippen molar-refractivity contribution in [3.63, 3.8) is 0 Å². The Bertz CT molecular complexity index is 459. The first-order valence-corrected chi connectivity index (χ1v) is 6.89. The zero-order valence-electron chi connectivity index (χ0n) is 12.3. The monoisotopic (exact) mass is 264 g/mol. The Labute approximate surface area is 114 Å². The van der Waals surface area contributed by atoms with Gasteiger partial charge in [-0.15, -0.1) is 0 Å². The molecule has 1 fully saturated rings. The number of rotatable bonds is 4. The third-order valence-electron chi connectivity index (χ3n) is 3.41. The number of nitrogens with one attached hydrogen (secondary N) is 2. The Balaban J connectivity index is 1.91. The van der Waals surface area contributed by atoms with Gasteiger partial charge in [-0.2, -0.15) is 5.10 Å². The molecule has 1 saturated heterocycles. The fourth-order valence-electron chi connectivity index (χ4n) is 2.51. The number of hydrogen-bond acceptors (Lipinski definition) is 3. The molecule has 1 aromatic rings. The summed E-state index contributed by atoms with van der Waals surface area (Å²) in [7, 11) is 1.95. The maximum atomic E-state index is 11.1. The van der Waals surface area contributed by atoms with E-state index in [1.165, 1.54) is 5.56 Å². The first kappa shape index (κ1) is 14.1. The molecule has 2 rings (SSSR count). The summed E-state index contributed by atoms with van der Waals surface area (Å²) in [6.07, 6.45) is 3.66. The van der Waals surface area contributed by atoms with Crippen molar-refractivity contribution < 1.29 is 4.79 Å². The van der Waals surface area contributed by atoms with Gasteiger partial charge in [-0.25, -0.2) is 0 Å². The summed E-state index contributed by atoms with van der Waals surface area (Å²) >= 11 is 0. The van der Waals surface area contributed by atoms with Crippen LogP contribution in [-0.4, -0.2) is 28.3 Å². The number of amides is 1. The highest BCUT2D eigenvalue weighted by molar-refractivity contribution is 5.78. The van der Waals surface area contributed by atoms with Crippen molar-refractivity contribution in [2.24, 2.45) is 7.05 Å². The van der Waals surface area contributed by atoms with Crippen LogP contribution < -0.4 is 10.6 Å². The predicted octanol–water partition coefficient (Wildman–Crippen LogP) is 1.09. The molecule has 0 aromatic carbocycles. The molecule has 2 heterocycles. The molecule has 1 amide bonds. The van der Waals surface area contributed by atoms with E-state index in [0.29, 0.717) is 6.42 Å². The van der Waals surface area contributed by atoms with E-state index in [-0.39, 0.29) is 17.4 Å². The number of carbonyl (C=O) groups is 1. The highest BCUT2D eigenvalue weighted by Gasteiger charge is 2.23. The highest BCUT2D eigenvalue weighted by Crippen LogP contribution is 2.23. The molecule has 5 heteroatoms. The van der Waals surface area contributed by atoms with Gasteiger partial charge in [0.25, 0.3) is 0 Å². The maximum Gasteiger partial charge on any atom is 0.220 e. The second kappa shape index (κ2) is 5.33. The van der Waals surface area contributed by atoms with Crippen molar-refractivity contribution in [2.45, 2.75) is 51.6 Å². The van der Waals surface area contributed by atoms with Gasteiger partial charge in [0.05, 0.1) is 5.69 Å². The molecular weight excluding hydrogens is 240 g/mol. The van der Waals surface area contributed by atoms with E-state index >= 15 is 0 Å². The van der Waals surface area contributed by atoms with Crippen LogP contribution in [0.2, 0.25) is 0 Å². The lowest BCUT2D eigenvalue weighted by molar-refractivity contribution is -0.119. The predicted molar refractivity (Wildman–Crippen MR) is 74.8 cm³/mol. The van der Waals surface area contributed by atoms with Crippen LogP contribution in [-0.2, 0) is 23.8 Å². The summed E-state index contributed by atoms with van der Waals surface area (Å²) in [5, 5.41) is 10.9. The summed E-state index contributed by atoms with van der Waals surface area (Å²) in [6, 6.07) is 0.280. The van der Waals surface area contributed by atoms with Gasteiger partial charge in [0, 0.05) is 49.8 Å². The fourth-order valence-corrected chi connectivity index (χ4v) is 2.51. The quantitative estimate of drug-likeness (QED) is 0.855. The maximum absolute atomic E-state index is 11.1. The van der Waals surface area contributed by atoms with Gasteiger partial charge in [0.2, 0.25) is 5.91 Å². The Kier molecular flexibility index (Phi) is 3.94. The van der Waals surface area contributed by atoms with Gasteiger partial charge >= 0.3 is 0 Å². The van der Waals surface area contributed by atoms with Gasteiger partial charge in [-0.05, 0) is 6.42 Å². The van der Waals surface area contributed by atoms with E-state index in [1.807, 2.05) is 11.7 Å². The minimum Gasteiger partial charge on any atom is -0.352 e. The van der Waals surface area contributed by atoms with E-state index in [9.17, 15) is 4.79 Å². The van der Waals surface area contributed by atoms with Crippen molar-refractivity contribution in [1.29, 1.82) is 0 Å². The third-order valence-corrected chi connectivity index (χ3v) is 3.41. The van der Waals surface area contributed by atoms with Gasteiger partial charge in [-0.1, -0.05) is 20.8 Å². The summed E-state index contributed by atoms with van der Waals surface area (Å²) in [6.45, 7) is 8.15. The van der Waals surface area contributed by atoms with Crippen LogP contribution in [0.4, 0.5) is 0 Å². The minimum absolute atomic E-state index is 0.0554. The average Bonchev–Trinajstić information content (AvgIpc) is 2.85. The highest BCUT2D eigenvalue weighted by atomic mass is 16.1. The second-order valence-corrected chi connectivity index (χ2v) is 6.36. The SMILES string of the molecule is Cn1cc(CNCC2CCC(=O)N2)c(C(C)(C)C)n1. The molecule has 0 aliphatic carbocycles. The third kappa shape index (κ3) is 3.56. The number of aryl methyl sites for hydroxylation is 1. The smallest absolute Gasteiger partial charge is 0.220 e. The molecule has 0 saturated carbocycles. The van der Waals surface area contributed by atoms with Crippen LogP contribution in [0.15, 0.2) is 6.20 Å². The molecule has 5 nitrogen and oxygen atoms in total. The van der Waals surface area contributed by atoms with Crippen LogP contribution in [0.5, 0.6) is 0 Å². The standard InChI is InChI=1S/C14H24N4O/c1-14(2,3)13-10(9-18(4)17-13)7-15-8-11-5-6-12(19)16-11/h9,11,15H,5-8H2,1-4H3,(H,16,19).